The number of allylic oxidation sites excluding steroid dienone is 2. The summed E-state index contributed by atoms with van der Waals surface area (Å²) < 4.78 is 0. The maximum Gasteiger partial charge on any atom is 0.243 e. The van der Waals surface area contributed by atoms with Gasteiger partial charge in [0.1, 0.15) is 18.1 Å². The number of nitrogens with zero attached hydrogens (tertiary/aromatic N) is 1. The molecule has 0 saturated carbocycles. The van der Waals surface area contributed by atoms with Gasteiger partial charge in [0.05, 0.1) is 6.54 Å². The third-order valence-corrected chi connectivity index (χ3v) is 7.31. The lowest BCUT2D eigenvalue weighted by Gasteiger charge is -2.30. The molecule has 1 aliphatic carbocycles. The summed E-state index contributed by atoms with van der Waals surface area (Å²) in [5, 5.41) is 11.3. The minimum atomic E-state index is -0.924. The minimum absolute atomic E-state index is 0.0820. The lowest BCUT2D eigenvalue weighted by Crippen LogP contribution is -2.57. The highest BCUT2D eigenvalue weighted by Gasteiger charge is 2.33. The van der Waals surface area contributed by atoms with E-state index >= 15 is 0 Å². The second-order valence-electron chi connectivity index (χ2n) is 11.2. The van der Waals surface area contributed by atoms with Crippen molar-refractivity contribution in [1.82, 2.24) is 26.2 Å². The van der Waals surface area contributed by atoms with Crippen molar-refractivity contribution < 1.29 is 24.0 Å². The molecule has 1 saturated heterocycles. The van der Waals surface area contributed by atoms with E-state index in [1.165, 1.54) is 4.90 Å². The Bertz CT molecular complexity index is 1080. The maximum atomic E-state index is 13.6. The molecule has 0 spiro atoms. The van der Waals surface area contributed by atoms with Crippen molar-refractivity contribution in [3.8, 4) is 0 Å². The molecular weight excluding hydrogens is 510 g/mol. The fraction of sp³-hybridized carbons (Fsp3) is 0.567. The van der Waals surface area contributed by atoms with Gasteiger partial charge in [0.15, 0.2) is 0 Å². The summed E-state index contributed by atoms with van der Waals surface area (Å²) in [6.45, 7) is 7.21. The topological polar surface area (TPSA) is 137 Å². The Balaban J connectivity index is 1.93. The first-order chi connectivity index (χ1) is 19.1. The van der Waals surface area contributed by atoms with Crippen LogP contribution in [-0.4, -0.2) is 71.7 Å². The summed E-state index contributed by atoms with van der Waals surface area (Å²) in [7, 11) is 0. The highest BCUT2D eigenvalue weighted by atomic mass is 16.2. The number of hydrogen-bond donors (Lipinski definition) is 4. The molecule has 4 atom stereocenters. The zero-order valence-corrected chi connectivity index (χ0v) is 23.9. The fourth-order valence-corrected chi connectivity index (χ4v) is 5.01. The molecule has 0 unspecified atom stereocenters. The standard InChI is InChI=1S/C30H43N5O5/c1-5-23-17-35(30(40)22-13-9-10-14-22)18-26(36)31-20(4)27(37)33-24(15-19(2)3)29(39)34-25(28(38)32-23)16-21-11-7-6-8-12-21/h6-12,19-20,22-25H,5,13-18H2,1-4H3,(H,31,36)(H,32,38)(H,33,37)(H,34,39)/t20-,23+,24+,25+/m1/s1. The first-order valence-electron chi connectivity index (χ1n) is 14.3. The van der Waals surface area contributed by atoms with Crippen LogP contribution in [0, 0.1) is 11.8 Å². The lowest BCUT2D eigenvalue weighted by molar-refractivity contribution is -0.140. The highest BCUT2D eigenvalue weighted by Crippen LogP contribution is 2.21. The maximum absolute atomic E-state index is 13.6. The number of nitrogens with one attached hydrogen (secondary N) is 4. The van der Waals surface area contributed by atoms with E-state index in [1.54, 1.807) is 6.92 Å². The van der Waals surface area contributed by atoms with E-state index in [0.29, 0.717) is 25.7 Å². The van der Waals surface area contributed by atoms with Gasteiger partial charge in [-0.1, -0.05) is 63.3 Å². The summed E-state index contributed by atoms with van der Waals surface area (Å²) in [6, 6.07) is 6.22. The predicted molar refractivity (Wildman–Crippen MR) is 152 cm³/mol. The number of carbonyl (C=O) groups is 5. The normalized spacial score (nSPS) is 25.5. The van der Waals surface area contributed by atoms with Crippen molar-refractivity contribution in [2.24, 2.45) is 11.8 Å². The third kappa shape index (κ3) is 8.93. The van der Waals surface area contributed by atoms with Crippen molar-refractivity contribution in [2.45, 2.75) is 84.0 Å². The van der Waals surface area contributed by atoms with Gasteiger partial charge in [-0.15, -0.1) is 0 Å². The van der Waals surface area contributed by atoms with E-state index in [1.807, 2.05) is 63.3 Å². The van der Waals surface area contributed by atoms with Gasteiger partial charge in [-0.3, -0.25) is 24.0 Å². The molecule has 10 heteroatoms. The van der Waals surface area contributed by atoms with Gasteiger partial charge in [0, 0.05) is 24.9 Å². The quantitative estimate of drug-likeness (QED) is 0.396. The summed E-state index contributed by atoms with van der Waals surface area (Å²) in [5.74, 6) is -2.20. The third-order valence-electron chi connectivity index (χ3n) is 7.31. The Kier molecular flexibility index (Phi) is 11.3. The molecule has 4 N–H and O–H groups in total. The number of benzene rings is 1. The molecule has 0 aromatic heterocycles. The average molecular weight is 554 g/mol. The average Bonchev–Trinajstić information content (AvgIpc) is 3.45. The largest absolute Gasteiger partial charge is 0.350 e. The molecule has 2 aliphatic rings. The summed E-state index contributed by atoms with van der Waals surface area (Å²) >= 11 is 0. The first kappa shape index (κ1) is 30.8. The molecule has 40 heavy (non-hydrogen) atoms. The number of rotatable bonds is 6. The van der Waals surface area contributed by atoms with E-state index in [2.05, 4.69) is 21.3 Å². The Morgan fingerprint density at radius 1 is 0.900 bits per heavy atom. The SMILES string of the molecule is CC[C@H]1CN(C(=O)C2CC=CC2)CC(=O)N[C@H](C)C(=O)N[C@@H](CC(C)C)C(=O)N[C@@H](Cc2ccccc2)C(=O)N1. The van der Waals surface area contributed by atoms with Crippen LogP contribution in [0.2, 0.25) is 0 Å². The van der Waals surface area contributed by atoms with Gasteiger partial charge in [-0.25, -0.2) is 0 Å². The molecule has 3 rings (SSSR count). The second kappa shape index (κ2) is 14.6. The summed E-state index contributed by atoms with van der Waals surface area (Å²) in [6.07, 6.45) is 6.22. The van der Waals surface area contributed by atoms with Crippen molar-refractivity contribution in [1.29, 1.82) is 0 Å². The molecule has 0 bridgehead atoms. The zero-order valence-electron chi connectivity index (χ0n) is 23.9. The van der Waals surface area contributed by atoms with Crippen LogP contribution < -0.4 is 21.3 Å². The van der Waals surface area contributed by atoms with Crippen LogP contribution in [0.3, 0.4) is 0 Å². The van der Waals surface area contributed by atoms with Gasteiger partial charge in [-0.05, 0) is 44.1 Å². The Labute approximate surface area is 236 Å². The highest BCUT2D eigenvalue weighted by molar-refractivity contribution is 5.95. The predicted octanol–water partition coefficient (Wildman–Crippen LogP) is 1.45. The summed E-state index contributed by atoms with van der Waals surface area (Å²) in [4.78, 5) is 67.9. The van der Waals surface area contributed by atoms with Crippen LogP contribution in [0.15, 0.2) is 42.5 Å². The number of carbonyl (C=O) groups excluding carboxylic acids is 5. The molecule has 10 nitrogen and oxygen atoms in total. The van der Waals surface area contributed by atoms with E-state index in [4.69, 9.17) is 0 Å². The molecule has 5 amide bonds. The van der Waals surface area contributed by atoms with Gasteiger partial charge in [0.25, 0.3) is 0 Å². The van der Waals surface area contributed by atoms with E-state index < -0.39 is 41.9 Å². The molecule has 1 aromatic rings. The molecule has 1 aromatic carbocycles. The Hall–Kier alpha value is -3.69. The van der Waals surface area contributed by atoms with E-state index in [9.17, 15) is 24.0 Å². The Morgan fingerprint density at radius 3 is 2.15 bits per heavy atom. The van der Waals surface area contributed by atoms with Crippen LogP contribution in [0.1, 0.15) is 58.9 Å². The van der Waals surface area contributed by atoms with Gasteiger partial charge in [-0.2, -0.15) is 0 Å². The monoisotopic (exact) mass is 553 g/mol. The number of hydrogen-bond acceptors (Lipinski definition) is 5. The first-order valence-corrected chi connectivity index (χ1v) is 14.3. The zero-order chi connectivity index (χ0) is 29.2. The molecule has 1 aliphatic heterocycles. The van der Waals surface area contributed by atoms with Crippen LogP contribution in [-0.2, 0) is 30.4 Å². The fourth-order valence-electron chi connectivity index (χ4n) is 5.01. The van der Waals surface area contributed by atoms with Crippen LogP contribution in [0.25, 0.3) is 0 Å². The molecule has 1 heterocycles. The van der Waals surface area contributed by atoms with E-state index in [-0.39, 0.29) is 43.2 Å². The molecule has 218 valence electrons. The van der Waals surface area contributed by atoms with Crippen LogP contribution >= 0.6 is 0 Å². The van der Waals surface area contributed by atoms with Crippen molar-refractivity contribution >= 4 is 29.5 Å². The summed E-state index contributed by atoms with van der Waals surface area (Å²) in [5.41, 5.74) is 0.868. The minimum Gasteiger partial charge on any atom is -0.350 e. The van der Waals surface area contributed by atoms with Gasteiger partial charge in [0.2, 0.25) is 29.5 Å². The van der Waals surface area contributed by atoms with Crippen LogP contribution in [0.4, 0.5) is 0 Å². The van der Waals surface area contributed by atoms with Crippen molar-refractivity contribution in [2.75, 3.05) is 13.1 Å². The Morgan fingerprint density at radius 2 is 1.52 bits per heavy atom. The second-order valence-corrected chi connectivity index (χ2v) is 11.2. The molecule has 1 fully saturated rings. The van der Waals surface area contributed by atoms with Gasteiger partial charge >= 0.3 is 0 Å². The smallest absolute Gasteiger partial charge is 0.243 e. The number of amides is 5. The molecular formula is C30H43N5O5. The van der Waals surface area contributed by atoms with E-state index in [0.717, 1.165) is 5.56 Å². The van der Waals surface area contributed by atoms with Crippen molar-refractivity contribution in [3.63, 3.8) is 0 Å². The van der Waals surface area contributed by atoms with Gasteiger partial charge < -0.3 is 26.2 Å². The molecule has 0 radical (unpaired) electrons. The van der Waals surface area contributed by atoms with Crippen molar-refractivity contribution in [3.05, 3.63) is 48.0 Å². The lowest BCUT2D eigenvalue weighted by atomic mass is 10.0. The van der Waals surface area contributed by atoms with Crippen LogP contribution in [0.5, 0.6) is 0 Å².